The van der Waals surface area contributed by atoms with Crippen LogP contribution >= 0.6 is 0 Å². The third kappa shape index (κ3) is 3.57. The first-order chi connectivity index (χ1) is 8.34. The van der Waals surface area contributed by atoms with Gasteiger partial charge >= 0.3 is 6.09 Å². The van der Waals surface area contributed by atoms with Crippen LogP contribution in [0, 0.1) is 0 Å². The number of nitrogens with one attached hydrogen (secondary N) is 1. The summed E-state index contributed by atoms with van der Waals surface area (Å²) in [5, 5.41) is 2.53. The number of hydrogen-bond acceptors (Lipinski definition) is 4. The molecule has 0 atom stereocenters. The minimum atomic E-state index is -0.524. The molecule has 1 heterocycles. The van der Waals surface area contributed by atoms with Crippen molar-refractivity contribution in [2.45, 2.75) is 6.61 Å². The van der Waals surface area contributed by atoms with Crippen molar-refractivity contribution in [3.8, 4) is 0 Å². The molecule has 0 bridgehead atoms. The number of amides is 1. The van der Waals surface area contributed by atoms with E-state index in [2.05, 4.69) is 15.3 Å². The number of benzene rings is 1. The predicted molar refractivity (Wildman–Crippen MR) is 62.3 cm³/mol. The number of carbonyl (C=O) groups is 1. The summed E-state index contributed by atoms with van der Waals surface area (Å²) in [6.45, 7) is 0.236. The van der Waals surface area contributed by atoms with E-state index >= 15 is 0 Å². The van der Waals surface area contributed by atoms with Crippen LogP contribution in [0.2, 0.25) is 0 Å². The van der Waals surface area contributed by atoms with Crippen LogP contribution in [0.3, 0.4) is 0 Å². The quantitative estimate of drug-likeness (QED) is 0.876. The minimum Gasteiger partial charge on any atom is -0.444 e. The molecular weight excluding hydrogens is 218 g/mol. The first kappa shape index (κ1) is 11.1. The number of carbonyl (C=O) groups excluding carboxylic acids is 1. The minimum absolute atomic E-state index is 0.236. The summed E-state index contributed by atoms with van der Waals surface area (Å²) in [5.74, 6) is 0. The van der Waals surface area contributed by atoms with Crippen LogP contribution in [0.5, 0.6) is 0 Å². The van der Waals surface area contributed by atoms with Gasteiger partial charge in [0.25, 0.3) is 0 Å². The van der Waals surface area contributed by atoms with Crippen LogP contribution in [-0.4, -0.2) is 16.1 Å². The number of ether oxygens (including phenoxy) is 1. The highest BCUT2D eigenvalue weighted by Gasteiger charge is 2.03. The van der Waals surface area contributed by atoms with Gasteiger partial charge in [-0.2, -0.15) is 0 Å². The Balaban J connectivity index is 1.83. The van der Waals surface area contributed by atoms with Gasteiger partial charge in [-0.05, 0) is 5.56 Å². The fraction of sp³-hybridized carbons (Fsp3) is 0.0833. The van der Waals surface area contributed by atoms with Gasteiger partial charge in [-0.15, -0.1) is 0 Å². The van der Waals surface area contributed by atoms with Gasteiger partial charge in [-0.25, -0.2) is 14.8 Å². The molecule has 1 aromatic carbocycles. The van der Waals surface area contributed by atoms with Crippen molar-refractivity contribution in [3.05, 3.63) is 54.6 Å². The normalized spacial score (nSPS) is 9.65. The number of hydrogen-bond donors (Lipinski definition) is 1. The zero-order valence-electron chi connectivity index (χ0n) is 9.04. The second-order valence-electron chi connectivity index (χ2n) is 3.31. The van der Waals surface area contributed by atoms with Crippen molar-refractivity contribution < 1.29 is 9.53 Å². The Labute approximate surface area is 98.5 Å². The van der Waals surface area contributed by atoms with Crippen molar-refractivity contribution in [2.24, 2.45) is 0 Å². The van der Waals surface area contributed by atoms with Crippen molar-refractivity contribution in [1.82, 2.24) is 9.97 Å². The highest BCUT2D eigenvalue weighted by atomic mass is 16.5. The Morgan fingerprint density at radius 1 is 1.18 bits per heavy atom. The van der Waals surface area contributed by atoms with Crippen LogP contribution in [0.15, 0.2) is 49.1 Å². The van der Waals surface area contributed by atoms with Gasteiger partial charge in [0.05, 0.1) is 18.1 Å². The molecule has 1 amide bonds. The van der Waals surface area contributed by atoms with Gasteiger partial charge in [0.2, 0.25) is 0 Å². The SMILES string of the molecule is O=C(Nc1cncnc1)OCc1ccccc1. The van der Waals surface area contributed by atoms with Gasteiger partial charge < -0.3 is 4.74 Å². The topological polar surface area (TPSA) is 64.1 Å². The summed E-state index contributed by atoms with van der Waals surface area (Å²) in [5.41, 5.74) is 1.44. The Bertz CT molecular complexity index is 474. The van der Waals surface area contributed by atoms with E-state index in [0.717, 1.165) is 5.56 Å². The monoisotopic (exact) mass is 229 g/mol. The molecule has 0 fully saturated rings. The molecule has 1 N–H and O–H groups in total. The molecule has 17 heavy (non-hydrogen) atoms. The Kier molecular flexibility index (Phi) is 3.64. The maximum atomic E-state index is 11.4. The van der Waals surface area contributed by atoms with Gasteiger partial charge in [0.15, 0.2) is 0 Å². The van der Waals surface area contributed by atoms with E-state index in [1.54, 1.807) is 0 Å². The molecule has 0 saturated heterocycles. The molecule has 5 heteroatoms. The maximum Gasteiger partial charge on any atom is 0.412 e. The van der Waals surface area contributed by atoms with Crippen LogP contribution in [0.4, 0.5) is 10.5 Å². The van der Waals surface area contributed by atoms with Crippen molar-refractivity contribution in [3.63, 3.8) is 0 Å². The zero-order chi connectivity index (χ0) is 11.9. The summed E-state index contributed by atoms with van der Waals surface area (Å²) >= 11 is 0. The number of rotatable bonds is 3. The average molecular weight is 229 g/mol. The van der Waals surface area contributed by atoms with Crippen LogP contribution in [0.1, 0.15) is 5.56 Å². The summed E-state index contributed by atoms with van der Waals surface area (Å²) in [6, 6.07) is 9.46. The van der Waals surface area contributed by atoms with Crippen LogP contribution in [-0.2, 0) is 11.3 Å². The second-order valence-corrected chi connectivity index (χ2v) is 3.31. The molecule has 0 aliphatic carbocycles. The molecule has 1 aromatic heterocycles. The Morgan fingerprint density at radius 3 is 2.59 bits per heavy atom. The predicted octanol–water partition coefficient (Wildman–Crippen LogP) is 2.23. The standard InChI is InChI=1S/C12H11N3O2/c16-12(15-11-6-13-9-14-7-11)17-8-10-4-2-1-3-5-10/h1-7,9H,8H2,(H,15,16). The van der Waals surface area contributed by atoms with Crippen LogP contribution in [0.25, 0.3) is 0 Å². The van der Waals surface area contributed by atoms with E-state index in [4.69, 9.17) is 4.74 Å². The van der Waals surface area contributed by atoms with Gasteiger partial charge in [-0.1, -0.05) is 30.3 Å². The van der Waals surface area contributed by atoms with Gasteiger partial charge in [0, 0.05) is 0 Å². The summed E-state index contributed by atoms with van der Waals surface area (Å²) in [6.07, 6.45) is 3.86. The largest absolute Gasteiger partial charge is 0.444 e. The lowest BCUT2D eigenvalue weighted by molar-refractivity contribution is 0.155. The third-order valence-electron chi connectivity index (χ3n) is 2.02. The molecule has 86 valence electrons. The lowest BCUT2D eigenvalue weighted by Crippen LogP contribution is -2.13. The van der Waals surface area contributed by atoms with E-state index in [1.165, 1.54) is 18.7 Å². The molecule has 0 aliphatic rings. The molecule has 0 unspecified atom stereocenters. The summed E-state index contributed by atoms with van der Waals surface area (Å²) in [7, 11) is 0. The maximum absolute atomic E-state index is 11.4. The second kappa shape index (κ2) is 5.60. The number of aromatic nitrogens is 2. The Morgan fingerprint density at radius 2 is 1.88 bits per heavy atom. The van der Waals surface area contributed by atoms with E-state index < -0.39 is 6.09 Å². The smallest absolute Gasteiger partial charge is 0.412 e. The van der Waals surface area contributed by atoms with E-state index in [9.17, 15) is 4.79 Å². The molecule has 5 nitrogen and oxygen atoms in total. The lowest BCUT2D eigenvalue weighted by atomic mass is 10.2. The highest BCUT2D eigenvalue weighted by Crippen LogP contribution is 2.04. The zero-order valence-corrected chi connectivity index (χ0v) is 9.04. The molecule has 0 saturated carbocycles. The summed E-state index contributed by atoms with van der Waals surface area (Å²) in [4.78, 5) is 18.9. The average Bonchev–Trinajstić information content (AvgIpc) is 2.39. The third-order valence-corrected chi connectivity index (χ3v) is 2.02. The molecule has 2 rings (SSSR count). The molecule has 0 radical (unpaired) electrons. The van der Waals surface area contributed by atoms with Crippen molar-refractivity contribution >= 4 is 11.8 Å². The first-order valence-corrected chi connectivity index (χ1v) is 5.07. The lowest BCUT2D eigenvalue weighted by Gasteiger charge is -2.05. The molecule has 0 aliphatic heterocycles. The highest BCUT2D eigenvalue weighted by molar-refractivity contribution is 5.83. The molecular formula is C12H11N3O2. The molecule has 2 aromatic rings. The van der Waals surface area contributed by atoms with Crippen LogP contribution < -0.4 is 5.32 Å². The molecule has 0 spiro atoms. The Hall–Kier alpha value is -2.43. The van der Waals surface area contributed by atoms with Gasteiger partial charge in [-0.3, -0.25) is 5.32 Å². The van der Waals surface area contributed by atoms with Crippen molar-refractivity contribution in [2.75, 3.05) is 5.32 Å². The number of nitrogens with zero attached hydrogens (tertiary/aromatic N) is 2. The fourth-order valence-corrected chi connectivity index (χ4v) is 1.24. The first-order valence-electron chi connectivity index (χ1n) is 5.07. The van der Waals surface area contributed by atoms with Crippen molar-refractivity contribution in [1.29, 1.82) is 0 Å². The van der Waals surface area contributed by atoms with E-state index in [1.807, 2.05) is 30.3 Å². The van der Waals surface area contributed by atoms with Gasteiger partial charge in [0.1, 0.15) is 12.9 Å². The number of anilines is 1. The van der Waals surface area contributed by atoms with E-state index in [-0.39, 0.29) is 6.61 Å². The van der Waals surface area contributed by atoms with E-state index in [0.29, 0.717) is 5.69 Å². The fourth-order valence-electron chi connectivity index (χ4n) is 1.24. The summed E-state index contributed by atoms with van der Waals surface area (Å²) < 4.78 is 5.03.